The monoisotopic (exact) mass is 339 g/mol. The molecule has 1 fully saturated rings. The van der Waals surface area contributed by atoms with Gasteiger partial charge in [-0.05, 0) is 48.7 Å². The van der Waals surface area contributed by atoms with Crippen molar-refractivity contribution in [3.05, 3.63) is 59.7 Å². The number of piperazine rings is 1. The summed E-state index contributed by atoms with van der Waals surface area (Å²) in [5.41, 5.74) is 3.58. The van der Waals surface area contributed by atoms with Crippen LogP contribution >= 0.6 is 0 Å². The molecule has 3 rings (SSSR count). The van der Waals surface area contributed by atoms with Crippen LogP contribution in [0.3, 0.4) is 0 Å². The van der Waals surface area contributed by atoms with E-state index in [4.69, 9.17) is 0 Å². The van der Waals surface area contributed by atoms with E-state index >= 15 is 0 Å². The van der Waals surface area contributed by atoms with Gasteiger partial charge in [0.1, 0.15) is 5.75 Å². The second kappa shape index (κ2) is 7.92. The first-order valence-corrected chi connectivity index (χ1v) is 8.74. The van der Waals surface area contributed by atoms with Gasteiger partial charge in [-0.1, -0.05) is 24.3 Å². The van der Waals surface area contributed by atoms with Crippen LogP contribution in [-0.2, 0) is 6.42 Å². The molecule has 0 aliphatic carbocycles. The van der Waals surface area contributed by atoms with Crippen LogP contribution in [0.1, 0.15) is 11.1 Å². The van der Waals surface area contributed by atoms with Crippen LogP contribution in [0.4, 0.5) is 10.5 Å². The van der Waals surface area contributed by atoms with Crippen molar-refractivity contribution >= 4 is 11.7 Å². The predicted octanol–water partition coefficient (Wildman–Crippen LogP) is 2.77. The van der Waals surface area contributed by atoms with Gasteiger partial charge in [-0.15, -0.1) is 0 Å². The summed E-state index contributed by atoms with van der Waals surface area (Å²) in [7, 11) is 0. The minimum Gasteiger partial charge on any atom is -0.508 e. The summed E-state index contributed by atoms with van der Waals surface area (Å²) >= 11 is 0. The van der Waals surface area contributed by atoms with Crippen LogP contribution in [0, 0.1) is 6.92 Å². The average Bonchev–Trinajstić information content (AvgIpc) is 2.63. The van der Waals surface area contributed by atoms with Gasteiger partial charge >= 0.3 is 6.03 Å². The highest BCUT2D eigenvalue weighted by atomic mass is 16.3. The van der Waals surface area contributed by atoms with Crippen LogP contribution in [-0.4, -0.2) is 48.8 Å². The van der Waals surface area contributed by atoms with Crippen LogP contribution in [0.5, 0.6) is 5.75 Å². The molecule has 1 aliphatic rings. The largest absolute Gasteiger partial charge is 0.508 e. The maximum absolute atomic E-state index is 12.3. The molecule has 0 radical (unpaired) electrons. The van der Waals surface area contributed by atoms with Crippen LogP contribution in [0.2, 0.25) is 0 Å². The fourth-order valence-electron chi connectivity index (χ4n) is 3.08. The Labute approximate surface area is 148 Å². The summed E-state index contributed by atoms with van der Waals surface area (Å²) in [6, 6.07) is 15.6. The molecule has 0 unspecified atom stereocenters. The van der Waals surface area contributed by atoms with Crippen LogP contribution in [0.15, 0.2) is 48.5 Å². The van der Waals surface area contributed by atoms with Gasteiger partial charge in [-0.2, -0.15) is 0 Å². The van der Waals surface area contributed by atoms with E-state index in [-0.39, 0.29) is 11.8 Å². The predicted molar refractivity (Wildman–Crippen MR) is 100 cm³/mol. The zero-order valence-electron chi connectivity index (χ0n) is 14.6. The number of amides is 2. The summed E-state index contributed by atoms with van der Waals surface area (Å²) in [5.74, 6) is 0.263. The number of phenols is 1. The van der Waals surface area contributed by atoms with Crippen molar-refractivity contribution < 1.29 is 9.90 Å². The topological polar surface area (TPSA) is 55.8 Å². The average molecular weight is 339 g/mol. The van der Waals surface area contributed by atoms with E-state index < -0.39 is 0 Å². The highest BCUT2D eigenvalue weighted by Gasteiger charge is 2.20. The number of phenolic OH excluding ortho intramolecular Hbond substituents is 1. The van der Waals surface area contributed by atoms with Gasteiger partial charge in [0, 0.05) is 38.4 Å². The van der Waals surface area contributed by atoms with Crippen LogP contribution in [0.25, 0.3) is 0 Å². The molecule has 1 saturated heterocycles. The third-order valence-corrected chi connectivity index (χ3v) is 4.56. The lowest BCUT2D eigenvalue weighted by atomic mass is 10.1. The normalized spacial score (nSPS) is 14.4. The Bertz CT molecular complexity index is 707. The first-order valence-electron chi connectivity index (χ1n) is 8.74. The van der Waals surface area contributed by atoms with Gasteiger partial charge in [0.2, 0.25) is 0 Å². The van der Waals surface area contributed by atoms with Crippen molar-refractivity contribution in [1.82, 2.24) is 10.2 Å². The molecule has 5 heteroatoms. The number of nitrogens with zero attached hydrogens (tertiary/aromatic N) is 2. The second-order valence-corrected chi connectivity index (χ2v) is 6.46. The van der Waals surface area contributed by atoms with E-state index in [9.17, 15) is 9.90 Å². The minimum absolute atomic E-state index is 0.00247. The van der Waals surface area contributed by atoms with Crippen molar-refractivity contribution in [2.24, 2.45) is 0 Å². The van der Waals surface area contributed by atoms with Crippen molar-refractivity contribution in [3.63, 3.8) is 0 Å². The fourth-order valence-corrected chi connectivity index (χ4v) is 3.08. The van der Waals surface area contributed by atoms with E-state index in [1.165, 1.54) is 11.3 Å². The summed E-state index contributed by atoms with van der Waals surface area (Å²) < 4.78 is 0. The van der Waals surface area contributed by atoms with Gasteiger partial charge < -0.3 is 20.2 Å². The number of urea groups is 1. The summed E-state index contributed by atoms with van der Waals surface area (Å²) in [4.78, 5) is 16.5. The number of benzene rings is 2. The lowest BCUT2D eigenvalue weighted by Gasteiger charge is -2.36. The SMILES string of the molecule is Cc1cccc(N2CCN(C(=O)NCCc3ccc(O)cc3)CC2)c1. The fraction of sp³-hybridized carbons (Fsp3) is 0.350. The van der Waals surface area contributed by atoms with Gasteiger partial charge in [-0.25, -0.2) is 4.79 Å². The molecule has 0 bridgehead atoms. The zero-order chi connectivity index (χ0) is 17.6. The summed E-state index contributed by atoms with van der Waals surface area (Å²) in [6.45, 7) is 5.88. The second-order valence-electron chi connectivity index (χ2n) is 6.46. The molecule has 2 N–H and O–H groups in total. The maximum Gasteiger partial charge on any atom is 0.317 e. The molecule has 2 aromatic carbocycles. The molecule has 0 atom stereocenters. The third kappa shape index (κ3) is 4.66. The van der Waals surface area contributed by atoms with E-state index in [0.29, 0.717) is 6.54 Å². The van der Waals surface area contributed by atoms with Crippen molar-refractivity contribution in [2.75, 3.05) is 37.6 Å². The molecule has 2 amide bonds. The van der Waals surface area contributed by atoms with Crippen LogP contribution < -0.4 is 10.2 Å². The Morgan fingerprint density at radius 1 is 1.08 bits per heavy atom. The standard InChI is InChI=1S/C20H25N3O2/c1-16-3-2-4-18(15-16)22-11-13-23(14-12-22)20(25)21-10-9-17-5-7-19(24)8-6-17/h2-8,15,24H,9-14H2,1H3,(H,21,25). The Morgan fingerprint density at radius 3 is 2.48 bits per heavy atom. The zero-order valence-corrected chi connectivity index (χ0v) is 14.6. The number of hydrogen-bond acceptors (Lipinski definition) is 3. The molecule has 132 valence electrons. The molecule has 0 spiro atoms. The molecule has 25 heavy (non-hydrogen) atoms. The molecule has 0 saturated carbocycles. The van der Waals surface area contributed by atoms with E-state index in [0.717, 1.165) is 38.2 Å². The number of aromatic hydroxyl groups is 1. The van der Waals surface area contributed by atoms with Gasteiger partial charge in [-0.3, -0.25) is 0 Å². The number of rotatable bonds is 4. The molecule has 0 aromatic heterocycles. The van der Waals surface area contributed by atoms with Gasteiger partial charge in [0.25, 0.3) is 0 Å². The van der Waals surface area contributed by atoms with Gasteiger partial charge in [0.05, 0.1) is 0 Å². The van der Waals surface area contributed by atoms with Crippen molar-refractivity contribution in [3.8, 4) is 5.75 Å². The molecular formula is C20H25N3O2. The minimum atomic E-state index is 0.00247. The highest BCUT2D eigenvalue weighted by molar-refractivity contribution is 5.74. The first-order chi connectivity index (χ1) is 12.1. The van der Waals surface area contributed by atoms with E-state index in [1.807, 2.05) is 17.0 Å². The van der Waals surface area contributed by atoms with Crippen molar-refractivity contribution in [1.29, 1.82) is 0 Å². The number of hydrogen-bond donors (Lipinski definition) is 2. The smallest absolute Gasteiger partial charge is 0.317 e. The molecular weight excluding hydrogens is 314 g/mol. The summed E-state index contributed by atoms with van der Waals surface area (Å²) in [6.07, 6.45) is 0.759. The highest BCUT2D eigenvalue weighted by Crippen LogP contribution is 2.17. The number of aryl methyl sites for hydroxylation is 1. The maximum atomic E-state index is 12.3. The molecule has 5 nitrogen and oxygen atoms in total. The lowest BCUT2D eigenvalue weighted by molar-refractivity contribution is 0.194. The lowest BCUT2D eigenvalue weighted by Crippen LogP contribution is -2.52. The quantitative estimate of drug-likeness (QED) is 0.901. The third-order valence-electron chi connectivity index (χ3n) is 4.56. The molecule has 1 heterocycles. The van der Waals surface area contributed by atoms with Gasteiger partial charge in [0.15, 0.2) is 0 Å². The number of anilines is 1. The molecule has 2 aromatic rings. The number of carbonyl (C=O) groups is 1. The molecule has 1 aliphatic heterocycles. The first kappa shape index (κ1) is 17.1. The van der Waals surface area contributed by atoms with E-state index in [2.05, 4.69) is 41.4 Å². The Kier molecular flexibility index (Phi) is 5.43. The number of nitrogens with one attached hydrogen (secondary N) is 1. The van der Waals surface area contributed by atoms with Crippen molar-refractivity contribution in [2.45, 2.75) is 13.3 Å². The Balaban J connectivity index is 1.43. The van der Waals surface area contributed by atoms with E-state index in [1.54, 1.807) is 12.1 Å². The summed E-state index contributed by atoms with van der Waals surface area (Å²) in [5, 5.41) is 12.3. The number of carbonyl (C=O) groups excluding carboxylic acids is 1. The Hall–Kier alpha value is -2.69. The Morgan fingerprint density at radius 2 is 1.80 bits per heavy atom.